The van der Waals surface area contributed by atoms with Gasteiger partial charge in [-0.3, -0.25) is 19.3 Å². The van der Waals surface area contributed by atoms with Gasteiger partial charge in [0.1, 0.15) is 6.54 Å². The number of rotatable bonds is 2. The first-order chi connectivity index (χ1) is 12.5. The number of fused-ring (bicyclic) bond motifs is 2. The van der Waals surface area contributed by atoms with Crippen LogP contribution in [0.3, 0.4) is 0 Å². The smallest absolute Gasteiger partial charge is 0.262 e. The molecule has 0 spiro atoms. The van der Waals surface area contributed by atoms with Crippen molar-refractivity contribution >= 4 is 39.3 Å². The van der Waals surface area contributed by atoms with E-state index >= 15 is 0 Å². The van der Waals surface area contributed by atoms with Crippen LogP contribution in [0.5, 0.6) is 0 Å². The minimum atomic E-state index is -0.419. The maximum atomic E-state index is 13.0. The van der Waals surface area contributed by atoms with E-state index in [0.717, 1.165) is 33.5 Å². The SMILES string of the molecule is CC1CCc2ccccc2N1C(=O)CN1C(=O)c2ccc(Br)cc2C1=O. The summed E-state index contributed by atoms with van der Waals surface area (Å²) in [6.45, 7) is 1.75. The van der Waals surface area contributed by atoms with Gasteiger partial charge in [-0.25, -0.2) is 0 Å². The molecule has 0 N–H and O–H groups in total. The lowest BCUT2D eigenvalue weighted by atomic mass is 9.96. The van der Waals surface area contributed by atoms with Gasteiger partial charge in [0.2, 0.25) is 5.91 Å². The zero-order chi connectivity index (χ0) is 18.4. The molecule has 0 bridgehead atoms. The Hall–Kier alpha value is -2.47. The van der Waals surface area contributed by atoms with Gasteiger partial charge in [0.25, 0.3) is 11.8 Å². The second-order valence-corrected chi connectivity index (χ2v) is 7.58. The number of benzene rings is 2. The molecule has 6 heteroatoms. The normalized spacial score (nSPS) is 18.8. The molecule has 0 saturated carbocycles. The van der Waals surface area contributed by atoms with Crippen LogP contribution in [0.25, 0.3) is 0 Å². The first-order valence-electron chi connectivity index (χ1n) is 8.53. The van der Waals surface area contributed by atoms with E-state index in [1.807, 2.05) is 31.2 Å². The van der Waals surface area contributed by atoms with Gasteiger partial charge in [0.15, 0.2) is 0 Å². The zero-order valence-corrected chi connectivity index (χ0v) is 15.8. The molecule has 132 valence electrons. The number of aryl methyl sites for hydroxylation is 1. The maximum Gasteiger partial charge on any atom is 0.262 e. The molecule has 1 unspecified atom stereocenters. The number of para-hydroxylation sites is 1. The standard InChI is InChI=1S/C20H17BrN2O3/c1-12-6-7-13-4-2-3-5-17(13)23(12)18(24)11-22-19(25)15-9-8-14(21)10-16(15)20(22)26/h2-5,8-10,12H,6-7,11H2,1H3. The van der Waals surface area contributed by atoms with Crippen LogP contribution in [0.4, 0.5) is 5.69 Å². The van der Waals surface area contributed by atoms with Crippen molar-refractivity contribution in [1.29, 1.82) is 0 Å². The van der Waals surface area contributed by atoms with Crippen molar-refractivity contribution in [3.63, 3.8) is 0 Å². The van der Waals surface area contributed by atoms with Crippen molar-refractivity contribution in [2.24, 2.45) is 0 Å². The van der Waals surface area contributed by atoms with Crippen LogP contribution < -0.4 is 4.90 Å². The number of anilines is 1. The third-order valence-corrected chi connectivity index (χ3v) is 5.51. The van der Waals surface area contributed by atoms with Crippen molar-refractivity contribution in [2.45, 2.75) is 25.8 Å². The van der Waals surface area contributed by atoms with Crippen LogP contribution in [0, 0.1) is 0 Å². The van der Waals surface area contributed by atoms with Gasteiger partial charge in [-0.05, 0) is 49.6 Å². The summed E-state index contributed by atoms with van der Waals surface area (Å²) in [5.41, 5.74) is 2.67. The Morgan fingerprint density at radius 2 is 1.85 bits per heavy atom. The minimum absolute atomic E-state index is 0.0294. The fraction of sp³-hybridized carbons (Fsp3) is 0.250. The van der Waals surface area contributed by atoms with E-state index in [1.54, 1.807) is 23.1 Å². The number of halogens is 1. The van der Waals surface area contributed by atoms with Crippen molar-refractivity contribution in [1.82, 2.24) is 4.90 Å². The molecule has 2 aromatic carbocycles. The van der Waals surface area contributed by atoms with Gasteiger partial charge in [0.05, 0.1) is 11.1 Å². The molecule has 0 radical (unpaired) electrons. The molecule has 0 saturated heterocycles. The fourth-order valence-corrected chi connectivity index (χ4v) is 4.05. The van der Waals surface area contributed by atoms with E-state index in [-0.39, 0.29) is 18.5 Å². The molecule has 3 amide bonds. The van der Waals surface area contributed by atoms with E-state index in [4.69, 9.17) is 0 Å². The molecule has 2 heterocycles. The first-order valence-corrected chi connectivity index (χ1v) is 9.32. The highest BCUT2D eigenvalue weighted by molar-refractivity contribution is 9.10. The largest absolute Gasteiger partial charge is 0.308 e. The van der Waals surface area contributed by atoms with Gasteiger partial charge in [-0.1, -0.05) is 34.1 Å². The molecule has 5 nitrogen and oxygen atoms in total. The Morgan fingerprint density at radius 3 is 2.65 bits per heavy atom. The Bertz CT molecular complexity index is 940. The van der Waals surface area contributed by atoms with Crippen LogP contribution in [-0.2, 0) is 11.2 Å². The number of hydrogen-bond donors (Lipinski definition) is 0. The average molecular weight is 413 g/mol. The number of nitrogens with zero attached hydrogens (tertiary/aromatic N) is 2. The Labute approximate surface area is 159 Å². The fourth-order valence-electron chi connectivity index (χ4n) is 3.69. The molecule has 2 aliphatic rings. The van der Waals surface area contributed by atoms with Gasteiger partial charge in [0, 0.05) is 16.2 Å². The summed E-state index contributed by atoms with van der Waals surface area (Å²) in [6, 6.07) is 12.8. The van der Waals surface area contributed by atoms with Crippen LogP contribution in [0.15, 0.2) is 46.9 Å². The zero-order valence-electron chi connectivity index (χ0n) is 14.2. The molecule has 4 rings (SSSR count). The highest BCUT2D eigenvalue weighted by Gasteiger charge is 2.38. The van der Waals surface area contributed by atoms with Crippen molar-refractivity contribution in [2.75, 3.05) is 11.4 Å². The van der Waals surface area contributed by atoms with Gasteiger partial charge in [-0.15, -0.1) is 0 Å². The van der Waals surface area contributed by atoms with Crippen LogP contribution >= 0.6 is 15.9 Å². The first kappa shape index (κ1) is 17.0. The van der Waals surface area contributed by atoms with E-state index in [1.165, 1.54) is 0 Å². The Kier molecular flexibility index (Phi) is 4.15. The number of carbonyl (C=O) groups excluding carboxylic acids is 3. The van der Waals surface area contributed by atoms with E-state index in [9.17, 15) is 14.4 Å². The second-order valence-electron chi connectivity index (χ2n) is 6.67. The Balaban J connectivity index is 1.62. The third kappa shape index (κ3) is 2.65. The van der Waals surface area contributed by atoms with E-state index < -0.39 is 11.8 Å². The summed E-state index contributed by atoms with van der Waals surface area (Å²) < 4.78 is 0.726. The average Bonchev–Trinajstić information content (AvgIpc) is 2.86. The van der Waals surface area contributed by atoms with Gasteiger partial charge in [-0.2, -0.15) is 0 Å². The molecule has 0 fully saturated rings. The molecule has 26 heavy (non-hydrogen) atoms. The summed E-state index contributed by atoms with van der Waals surface area (Å²) in [7, 11) is 0. The molecular formula is C20H17BrN2O3. The molecule has 2 aromatic rings. The van der Waals surface area contributed by atoms with Crippen LogP contribution in [0.2, 0.25) is 0 Å². The number of imide groups is 1. The number of carbonyl (C=O) groups is 3. The molecule has 0 aliphatic carbocycles. The Morgan fingerprint density at radius 1 is 1.12 bits per heavy atom. The lowest BCUT2D eigenvalue weighted by Crippen LogP contribution is -2.48. The number of hydrogen-bond acceptors (Lipinski definition) is 3. The minimum Gasteiger partial charge on any atom is -0.308 e. The highest BCUT2D eigenvalue weighted by atomic mass is 79.9. The summed E-state index contributed by atoms with van der Waals surface area (Å²) in [5.74, 6) is -1.07. The van der Waals surface area contributed by atoms with Crippen molar-refractivity contribution in [3.05, 3.63) is 63.6 Å². The topological polar surface area (TPSA) is 57.7 Å². The van der Waals surface area contributed by atoms with E-state index in [0.29, 0.717) is 11.1 Å². The summed E-state index contributed by atoms with van der Waals surface area (Å²) >= 11 is 3.31. The molecule has 1 atom stereocenters. The lowest BCUT2D eigenvalue weighted by molar-refractivity contribution is -0.119. The van der Waals surface area contributed by atoms with Crippen molar-refractivity contribution < 1.29 is 14.4 Å². The lowest BCUT2D eigenvalue weighted by Gasteiger charge is -2.36. The highest BCUT2D eigenvalue weighted by Crippen LogP contribution is 2.31. The van der Waals surface area contributed by atoms with Gasteiger partial charge < -0.3 is 4.90 Å². The number of amides is 3. The molecule has 0 aromatic heterocycles. The van der Waals surface area contributed by atoms with Crippen LogP contribution in [-0.4, -0.2) is 35.2 Å². The summed E-state index contributed by atoms with van der Waals surface area (Å²) in [6.07, 6.45) is 1.78. The third-order valence-electron chi connectivity index (χ3n) is 5.02. The predicted octanol–water partition coefficient (Wildman–Crippen LogP) is 3.41. The monoisotopic (exact) mass is 412 g/mol. The summed E-state index contributed by atoms with van der Waals surface area (Å²) in [5, 5.41) is 0. The summed E-state index contributed by atoms with van der Waals surface area (Å²) in [4.78, 5) is 41.0. The van der Waals surface area contributed by atoms with Crippen molar-refractivity contribution in [3.8, 4) is 0 Å². The van der Waals surface area contributed by atoms with Gasteiger partial charge >= 0.3 is 0 Å². The molecule has 2 aliphatic heterocycles. The van der Waals surface area contributed by atoms with E-state index in [2.05, 4.69) is 15.9 Å². The maximum absolute atomic E-state index is 13.0. The quantitative estimate of drug-likeness (QED) is 0.710. The second kappa shape index (κ2) is 6.36. The predicted molar refractivity (Wildman–Crippen MR) is 101 cm³/mol. The molecular weight excluding hydrogens is 396 g/mol. The van der Waals surface area contributed by atoms with Crippen LogP contribution in [0.1, 0.15) is 39.6 Å².